The number of carbonyl (C=O) groups is 2. The van der Waals surface area contributed by atoms with E-state index >= 15 is 0 Å². The fraction of sp³-hybridized carbons (Fsp3) is 0.355. The van der Waals surface area contributed by atoms with Crippen molar-refractivity contribution in [3.05, 3.63) is 95.6 Å². The number of hydrogen-bond donors (Lipinski definition) is 2. The van der Waals surface area contributed by atoms with Gasteiger partial charge >= 0.3 is 5.97 Å². The highest BCUT2D eigenvalue weighted by atomic mass is 16.5. The zero-order chi connectivity index (χ0) is 25.9. The molecule has 0 aromatic heterocycles. The van der Waals surface area contributed by atoms with Gasteiger partial charge in [0.2, 0.25) is 0 Å². The van der Waals surface area contributed by atoms with Gasteiger partial charge in [-0.3, -0.25) is 4.79 Å². The average molecular weight is 501 g/mol. The fourth-order valence-electron chi connectivity index (χ4n) is 4.77. The first-order valence-electron chi connectivity index (χ1n) is 13.1. The number of rotatable bonds is 12. The van der Waals surface area contributed by atoms with Crippen molar-refractivity contribution in [3.63, 3.8) is 0 Å². The van der Waals surface area contributed by atoms with Gasteiger partial charge in [0.15, 0.2) is 5.78 Å². The number of ketones is 1. The number of hydrogen-bond acceptors (Lipinski definition) is 6. The largest absolute Gasteiger partial charge is 0.492 e. The third-order valence-corrected chi connectivity index (χ3v) is 6.80. The number of esters is 1. The van der Waals surface area contributed by atoms with Gasteiger partial charge in [-0.1, -0.05) is 73.9 Å². The first-order valence-corrected chi connectivity index (χ1v) is 13.1. The molecule has 0 aliphatic heterocycles. The van der Waals surface area contributed by atoms with E-state index in [0.717, 1.165) is 17.9 Å². The predicted octanol–water partition coefficient (Wildman–Crippen LogP) is 5.41. The first kappa shape index (κ1) is 26.4. The molecule has 0 amide bonds. The Morgan fingerprint density at radius 3 is 2.32 bits per heavy atom. The molecule has 1 unspecified atom stereocenters. The number of anilines is 1. The number of para-hydroxylation sites is 1. The summed E-state index contributed by atoms with van der Waals surface area (Å²) in [5, 5.41) is 6.84. The van der Waals surface area contributed by atoms with E-state index < -0.39 is 12.0 Å². The van der Waals surface area contributed by atoms with Gasteiger partial charge in [0.25, 0.3) is 0 Å². The summed E-state index contributed by atoms with van der Waals surface area (Å²) in [4.78, 5) is 25.7. The van der Waals surface area contributed by atoms with E-state index in [4.69, 9.17) is 9.47 Å². The Morgan fingerprint density at radius 2 is 1.59 bits per heavy atom. The molecule has 0 bridgehead atoms. The van der Waals surface area contributed by atoms with Crippen LogP contribution in [0.2, 0.25) is 0 Å². The van der Waals surface area contributed by atoms with E-state index in [-0.39, 0.29) is 5.78 Å². The van der Waals surface area contributed by atoms with Crippen LogP contribution in [0, 0.1) is 0 Å². The predicted molar refractivity (Wildman–Crippen MR) is 146 cm³/mol. The lowest BCUT2D eigenvalue weighted by Gasteiger charge is -2.22. The topological polar surface area (TPSA) is 76.7 Å². The molecule has 0 spiro atoms. The molecular weight excluding hydrogens is 464 g/mol. The molecule has 0 saturated heterocycles. The molecule has 0 heterocycles. The quantitative estimate of drug-likeness (QED) is 0.197. The molecule has 194 valence electrons. The molecule has 3 aromatic rings. The minimum atomic E-state index is -0.652. The third kappa shape index (κ3) is 7.67. The van der Waals surface area contributed by atoms with Gasteiger partial charge in [0, 0.05) is 35.8 Å². The standard InChI is InChI=1S/C31H36N2O4/c1-36-31(35)29(33-28-15-9-8-14-27(28)30(34)24-10-4-2-5-11-24)22-23-16-18-26(19-17-23)37-21-20-32-25-12-6-3-7-13-25/h2,4-5,8-11,14-19,25,29,32-33H,3,6-7,12-13,20-22H2,1H3. The van der Waals surface area contributed by atoms with Crippen molar-refractivity contribution in [2.24, 2.45) is 0 Å². The SMILES string of the molecule is COC(=O)C(Cc1ccc(OCCNC2CCCCC2)cc1)Nc1ccccc1C(=O)c1ccccc1. The summed E-state index contributed by atoms with van der Waals surface area (Å²) in [6.07, 6.45) is 6.91. The molecule has 0 radical (unpaired) electrons. The van der Waals surface area contributed by atoms with Crippen LogP contribution < -0.4 is 15.4 Å². The van der Waals surface area contributed by atoms with Crippen LogP contribution >= 0.6 is 0 Å². The first-order chi connectivity index (χ1) is 18.1. The van der Waals surface area contributed by atoms with Crippen LogP contribution in [0.25, 0.3) is 0 Å². The van der Waals surface area contributed by atoms with Crippen LogP contribution in [0.1, 0.15) is 53.6 Å². The Balaban J connectivity index is 1.36. The second-order valence-electron chi connectivity index (χ2n) is 9.45. The Hall–Kier alpha value is -3.64. The maximum absolute atomic E-state index is 13.1. The smallest absolute Gasteiger partial charge is 0.328 e. The van der Waals surface area contributed by atoms with Crippen LogP contribution in [0.5, 0.6) is 5.75 Å². The highest BCUT2D eigenvalue weighted by molar-refractivity contribution is 6.12. The minimum absolute atomic E-state index is 0.105. The Labute approximate surface area is 219 Å². The molecule has 1 aliphatic rings. The second kappa shape index (κ2) is 13.6. The molecule has 6 nitrogen and oxygen atoms in total. The lowest BCUT2D eigenvalue weighted by Crippen LogP contribution is -2.34. The molecular formula is C31H36N2O4. The van der Waals surface area contributed by atoms with Crippen molar-refractivity contribution in [2.75, 3.05) is 25.6 Å². The highest BCUT2D eigenvalue weighted by Gasteiger charge is 2.22. The summed E-state index contributed by atoms with van der Waals surface area (Å²) in [7, 11) is 1.37. The van der Waals surface area contributed by atoms with Crippen LogP contribution in [-0.2, 0) is 16.0 Å². The number of benzene rings is 3. The summed E-state index contributed by atoms with van der Waals surface area (Å²) in [6.45, 7) is 1.45. The lowest BCUT2D eigenvalue weighted by molar-refractivity contribution is -0.141. The van der Waals surface area contributed by atoms with Gasteiger partial charge in [0.05, 0.1) is 7.11 Å². The monoisotopic (exact) mass is 500 g/mol. The summed E-state index contributed by atoms with van der Waals surface area (Å²) in [6, 6.07) is 24.1. The van der Waals surface area contributed by atoms with Crippen molar-refractivity contribution in [1.29, 1.82) is 0 Å². The molecule has 1 aliphatic carbocycles. The van der Waals surface area contributed by atoms with Crippen LogP contribution in [-0.4, -0.2) is 44.1 Å². The lowest BCUT2D eigenvalue weighted by atomic mass is 9.96. The highest BCUT2D eigenvalue weighted by Crippen LogP contribution is 2.22. The van der Waals surface area contributed by atoms with Gasteiger partial charge in [-0.25, -0.2) is 4.79 Å². The normalized spacial score (nSPS) is 14.5. The summed E-state index contributed by atoms with van der Waals surface area (Å²) >= 11 is 0. The molecule has 6 heteroatoms. The average Bonchev–Trinajstić information content (AvgIpc) is 2.96. The van der Waals surface area contributed by atoms with E-state index in [2.05, 4.69) is 10.6 Å². The maximum Gasteiger partial charge on any atom is 0.328 e. The molecule has 3 aromatic carbocycles. The summed E-state index contributed by atoms with van der Waals surface area (Å²) in [5.74, 6) is 0.304. The summed E-state index contributed by atoms with van der Waals surface area (Å²) in [5.41, 5.74) is 2.66. The van der Waals surface area contributed by atoms with E-state index in [9.17, 15) is 9.59 Å². The zero-order valence-corrected chi connectivity index (χ0v) is 21.5. The van der Waals surface area contributed by atoms with Gasteiger partial charge < -0.3 is 20.1 Å². The molecule has 1 saturated carbocycles. The molecule has 37 heavy (non-hydrogen) atoms. The zero-order valence-electron chi connectivity index (χ0n) is 21.5. The third-order valence-electron chi connectivity index (χ3n) is 6.80. The van der Waals surface area contributed by atoms with Crippen molar-refractivity contribution >= 4 is 17.4 Å². The number of ether oxygens (including phenoxy) is 2. The van der Waals surface area contributed by atoms with Crippen LogP contribution in [0.15, 0.2) is 78.9 Å². The van der Waals surface area contributed by atoms with E-state index in [1.807, 2.05) is 60.7 Å². The van der Waals surface area contributed by atoms with Crippen molar-refractivity contribution in [2.45, 2.75) is 50.6 Å². The van der Waals surface area contributed by atoms with Gasteiger partial charge in [-0.05, 0) is 42.7 Å². The van der Waals surface area contributed by atoms with Crippen molar-refractivity contribution < 1.29 is 19.1 Å². The fourth-order valence-corrected chi connectivity index (χ4v) is 4.77. The Kier molecular flexibility index (Phi) is 9.72. The maximum atomic E-state index is 13.1. The Morgan fingerprint density at radius 1 is 0.892 bits per heavy atom. The van der Waals surface area contributed by atoms with Crippen LogP contribution in [0.3, 0.4) is 0 Å². The second-order valence-corrected chi connectivity index (χ2v) is 9.45. The molecule has 2 N–H and O–H groups in total. The molecule has 4 rings (SSSR count). The molecule has 1 atom stereocenters. The van der Waals surface area contributed by atoms with Crippen molar-refractivity contribution in [3.8, 4) is 5.75 Å². The van der Waals surface area contributed by atoms with E-state index in [1.165, 1.54) is 39.2 Å². The van der Waals surface area contributed by atoms with E-state index in [0.29, 0.717) is 35.9 Å². The minimum Gasteiger partial charge on any atom is -0.492 e. The number of methoxy groups -OCH3 is 1. The number of carbonyl (C=O) groups excluding carboxylic acids is 2. The van der Waals surface area contributed by atoms with Crippen molar-refractivity contribution in [1.82, 2.24) is 5.32 Å². The van der Waals surface area contributed by atoms with Crippen LogP contribution in [0.4, 0.5) is 5.69 Å². The van der Waals surface area contributed by atoms with Gasteiger partial charge in [-0.15, -0.1) is 0 Å². The Bertz CT molecular complexity index is 1140. The van der Waals surface area contributed by atoms with Gasteiger partial charge in [-0.2, -0.15) is 0 Å². The number of nitrogens with one attached hydrogen (secondary N) is 2. The molecule has 1 fully saturated rings. The van der Waals surface area contributed by atoms with Gasteiger partial charge in [0.1, 0.15) is 18.4 Å². The van der Waals surface area contributed by atoms with E-state index in [1.54, 1.807) is 18.2 Å². The summed E-state index contributed by atoms with van der Waals surface area (Å²) < 4.78 is 11.0.